The van der Waals surface area contributed by atoms with Crippen LogP contribution in [0, 0.1) is 0 Å². The van der Waals surface area contributed by atoms with E-state index >= 15 is 0 Å². The number of hydrogen-bond donors (Lipinski definition) is 1. The zero-order valence-corrected chi connectivity index (χ0v) is 13.0. The zero-order valence-electron chi connectivity index (χ0n) is 13.0. The van der Waals surface area contributed by atoms with Gasteiger partial charge in [-0.3, -0.25) is 4.79 Å². The molecule has 1 N–H and O–H groups in total. The Balaban J connectivity index is 1.94. The molecule has 0 bridgehead atoms. The van der Waals surface area contributed by atoms with Crippen molar-refractivity contribution in [3.63, 3.8) is 0 Å². The fraction of sp³-hybridized carbons (Fsp3) is 0.643. The normalized spacial score (nSPS) is 16.3. The van der Waals surface area contributed by atoms with Crippen LogP contribution in [0.2, 0.25) is 0 Å². The van der Waals surface area contributed by atoms with Gasteiger partial charge in [-0.25, -0.2) is 9.97 Å². The number of nitrogens with one attached hydrogen (secondary N) is 1. The van der Waals surface area contributed by atoms with Crippen molar-refractivity contribution in [2.75, 3.05) is 65.7 Å². The highest BCUT2D eigenvalue weighted by Gasteiger charge is 2.21. The van der Waals surface area contributed by atoms with Crippen LogP contribution in [-0.2, 0) is 0 Å². The number of likely N-dealkylation sites (N-methyl/N-ethyl adjacent to an activating group) is 2. The smallest absolute Gasteiger partial charge is 0.272 e. The first-order valence-electron chi connectivity index (χ1n) is 7.25. The third kappa shape index (κ3) is 4.64. The first kappa shape index (κ1) is 15.7. The average Bonchev–Trinajstić information content (AvgIpc) is 2.47. The van der Waals surface area contributed by atoms with Crippen molar-refractivity contribution in [2.24, 2.45) is 0 Å². The molecule has 2 heterocycles. The van der Waals surface area contributed by atoms with E-state index in [2.05, 4.69) is 32.1 Å². The lowest BCUT2D eigenvalue weighted by Gasteiger charge is -2.32. The molecule has 1 saturated heterocycles. The fourth-order valence-electron chi connectivity index (χ4n) is 2.15. The molecule has 0 aromatic carbocycles. The minimum atomic E-state index is -0.0128. The number of anilines is 1. The molecule has 1 amide bonds. The summed E-state index contributed by atoms with van der Waals surface area (Å²) in [5, 5.41) is 3.21. The highest BCUT2D eigenvalue weighted by molar-refractivity contribution is 5.93. The van der Waals surface area contributed by atoms with Crippen molar-refractivity contribution in [2.45, 2.75) is 0 Å². The maximum absolute atomic E-state index is 12.4. The minimum absolute atomic E-state index is 0.0128. The van der Waals surface area contributed by atoms with E-state index in [0.717, 1.165) is 39.3 Å². The van der Waals surface area contributed by atoms with Crippen LogP contribution in [0.5, 0.6) is 0 Å². The van der Waals surface area contributed by atoms with Gasteiger partial charge >= 0.3 is 0 Å². The number of rotatable bonds is 5. The summed E-state index contributed by atoms with van der Waals surface area (Å²) in [5.74, 6) is 0.686. The Labute approximate surface area is 126 Å². The van der Waals surface area contributed by atoms with Gasteiger partial charge in [-0.05, 0) is 21.1 Å². The van der Waals surface area contributed by atoms with E-state index in [9.17, 15) is 4.79 Å². The van der Waals surface area contributed by atoms with Crippen LogP contribution in [-0.4, -0.2) is 91.0 Å². The first-order valence-corrected chi connectivity index (χ1v) is 7.25. The molecule has 0 unspecified atom stereocenters. The van der Waals surface area contributed by atoms with Crippen molar-refractivity contribution < 1.29 is 4.79 Å². The van der Waals surface area contributed by atoms with E-state index < -0.39 is 0 Å². The molecule has 0 atom stereocenters. The van der Waals surface area contributed by atoms with Gasteiger partial charge in [0.15, 0.2) is 0 Å². The fourth-order valence-corrected chi connectivity index (χ4v) is 2.15. The molecule has 0 spiro atoms. The Hall–Kier alpha value is -1.73. The van der Waals surface area contributed by atoms with E-state index in [4.69, 9.17) is 0 Å². The standard InChI is InChI=1S/C14H24N6O/c1-18(2)5-4-15-13-10-12(16-11-17-13)14(21)20-8-6-19(3)7-9-20/h10-11H,4-9H2,1-3H3,(H,15,16,17). The Bertz CT molecular complexity index is 470. The molecule has 0 saturated carbocycles. The van der Waals surface area contributed by atoms with Crippen LogP contribution in [0.25, 0.3) is 0 Å². The quantitative estimate of drug-likeness (QED) is 0.813. The predicted molar refractivity (Wildman–Crippen MR) is 82.5 cm³/mol. The minimum Gasteiger partial charge on any atom is -0.369 e. The zero-order chi connectivity index (χ0) is 15.2. The molecule has 7 nitrogen and oxygen atoms in total. The average molecular weight is 292 g/mol. The van der Waals surface area contributed by atoms with Gasteiger partial charge < -0.3 is 20.0 Å². The van der Waals surface area contributed by atoms with E-state index in [1.54, 1.807) is 6.07 Å². The summed E-state index contributed by atoms with van der Waals surface area (Å²) < 4.78 is 0. The van der Waals surface area contributed by atoms with Gasteiger partial charge in [-0.15, -0.1) is 0 Å². The van der Waals surface area contributed by atoms with Crippen LogP contribution in [0.15, 0.2) is 12.4 Å². The second-order valence-electron chi connectivity index (χ2n) is 5.61. The maximum atomic E-state index is 12.4. The second-order valence-corrected chi connectivity index (χ2v) is 5.61. The number of amides is 1. The van der Waals surface area contributed by atoms with Crippen LogP contribution in [0.3, 0.4) is 0 Å². The molecule has 21 heavy (non-hydrogen) atoms. The summed E-state index contributed by atoms with van der Waals surface area (Å²) in [5.41, 5.74) is 0.460. The summed E-state index contributed by atoms with van der Waals surface area (Å²) in [7, 11) is 6.10. The molecule has 2 rings (SSSR count). The number of hydrogen-bond acceptors (Lipinski definition) is 6. The summed E-state index contributed by atoms with van der Waals surface area (Å²) in [6.07, 6.45) is 1.45. The Morgan fingerprint density at radius 2 is 2.00 bits per heavy atom. The summed E-state index contributed by atoms with van der Waals surface area (Å²) in [6, 6.07) is 1.73. The lowest BCUT2D eigenvalue weighted by Crippen LogP contribution is -2.47. The van der Waals surface area contributed by atoms with Crippen molar-refractivity contribution in [1.29, 1.82) is 0 Å². The lowest BCUT2D eigenvalue weighted by molar-refractivity contribution is 0.0658. The van der Waals surface area contributed by atoms with Crippen LogP contribution in [0.1, 0.15) is 10.5 Å². The van der Waals surface area contributed by atoms with Gasteiger partial charge in [0.1, 0.15) is 17.8 Å². The molecule has 0 radical (unpaired) electrons. The predicted octanol–water partition coefficient (Wildman–Crippen LogP) is -0.162. The topological polar surface area (TPSA) is 64.6 Å². The summed E-state index contributed by atoms with van der Waals surface area (Å²) in [4.78, 5) is 26.8. The molecule has 1 aliphatic heterocycles. The van der Waals surface area contributed by atoms with Crippen molar-refractivity contribution in [3.8, 4) is 0 Å². The molecule has 116 valence electrons. The summed E-state index contributed by atoms with van der Waals surface area (Å²) >= 11 is 0. The molecule has 1 aromatic heterocycles. The molecule has 0 aliphatic carbocycles. The third-order valence-electron chi connectivity index (χ3n) is 3.54. The third-order valence-corrected chi connectivity index (χ3v) is 3.54. The molecular formula is C14H24N6O. The first-order chi connectivity index (χ1) is 10.1. The SMILES string of the molecule is CN(C)CCNc1cc(C(=O)N2CCN(C)CC2)ncn1. The highest BCUT2D eigenvalue weighted by Crippen LogP contribution is 2.09. The largest absolute Gasteiger partial charge is 0.369 e. The van der Waals surface area contributed by atoms with Gasteiger partial charge in [0.05, 0.1) is 0 Å². The van der Waals surface area contributed by atoms with Gasteiger partial charge in [0.25, 0.3) is 5.91 Å². The number of piperazine rings is 1. The van der Waals surface area contributed by atoms with E-state index in [1.807, 2.05) is 19.0 Å². The van der Waals surface area contributed by atoms with Crippen molar-refractivity contribution in [1.82, 2.24) is 24.7 Å². The molecule has 1 fully saturated rings. The maximum Gasteiger partial charge on any atom is 0.272 e. The number of carbonyl (C=O) groups is 1. The van der Waals surface area contributed by atoms with Gasteiger partial charge in [0.2, 0.25) is 0 Å². The number of nitrogens with zero attached hydrogens (tertiary/aromatic N) is 5. The number of aromatic nitrogens is 2. The highest BCUT2D eigenvalue weighted by atomic mass is 16.2. The van der Waals surface area contributed by atoms with Crippen LogP contribution >= 0.6 is 0 Å². The van der Waals surface area contributed by atoms with Gasteiger partial charge in [0, 0.05) is 45.3 Å². The van der Waals surface area contributed by atoms with E-state index in [1.165, 1.54) is 6.33 Å². The van der Waals surface area contributed by atoms with Crippen molar-refractivity contribution in [3.05, 3.63) is 18.1 Å². The van der Waals surface area contributed by atoms with Crippen LogP contribution in [0.4, 0.5) is 5.82 Å². The summed E-state index contributed by atoms with van der Waals surface area (Å²) in [6.45, 7) is 5.01. The lowest BCUT2D eigenvalue weighted by atomic mass is 10.2. The van der Waals surface area contributed by atoms with Crippen molar-refractivity contribution >= 4 is 11.7 Å². The Morgan fingerprint density at radius 3 is 2.67 bits per heavy atom. The van der Waals surface area contributed by atoms with Crippen LogP contribution < -0.4 is 5.32 Å². The molecule has 1 aromatic rings. The van der Waals surface area contributed by atoms with E-state index in [-0.39, 0.29) is 5.91 Å². The van der Waals surface area contributed by atoms with Gasteiger partial charge in [-0.1, -0.05) is 0 Å². The monoisotopic (exact) mass is 292 g/mol. The molecule has 7 heteroatoms. The second kappa shape index (κ2) is 7.33. The number of carbonyl (C=O) groups excluding carboxylic acids is 1. The Morgan fingerprint density at radius 1 is 1.29 bits per heavy atom. The molecular weight excluding hydrogens is 268 g/mol. The Kier molecular flexibility index (Phi) is 5.46. The molecule has 1 aliphatic rings. The van der Waals surface area contributed by atoms with Gasteiger partial charge in [-0.2, -0.15) is 0 Å². The van der Waals surface area contributed by atoms with E-state index in [0.29, 0.717) is 11.5 Å².